The fraction of sp³-hybridized carbons (Fsp3) is 0.769. The molecule has 1 atom stereocenters. The SMILES string of the molecule is CCCOc1nc(NCC)nc(NCC(C)OCC)n1. The molecule has 0 aliphatic carbocycles. The van der Waals surface area contributed by atoms with Gasteiger partial charge in [0.1, 0.15) is 0 Å². The van der Waals surface area contributed by atoms with E-state index < -0.39 is 0 Å². The van der Waals surface area contributed by atoms with Crippen LogP contribution >= 0.6 is 0 Å². The van der Waals surface area contributed by atoms with E-state index in [1.165, 1.54) is 0 Å². The summed E-state index contributed by atoms with van der Waals surface area (Å²) in [6, 6.07) is 0.337. The zero-order valence-corrected chi connectivity index (χ0v) is 12.8. The van der Waals surface area contributed by atoms with Gasteiger partial charge in [-0.05, 0) is 27.2 Å². The van der Waals surface area contributed by atoms with Crippen LogP contribution in [0.3, 0.4) is 0 Å². The number of hydrogen-bond acceptors (Lipinski definition) is 7. The molecule has 20 heavy (non-hydrogen) atoms. The fourth-order valence-corrected chi connectivity index (χ4v) is 1.51. The summed E-state index contributed by atoms with van der Waals surface area (Å²) < 4.78 is 10.9. The van der Waals surface area contributed by atoms with Gasteiger partial charge in [-0.25, -0.2) is 0 Å². The van der Waals surface area contributed by atoms with E-state index in [4.69, 9.17) is 9.47 Å². The van der Waals surface area contributed by atoms with E-state index in [1.807, 2.05) is 27.7 Å². The van der Waals surface area contributed by atoms with E-state index in [0.717, 1.165) is 13.0 Å². The number of anilines is 2. The predicted octanol–water partition coefficient (Wildman–Crippen LogP) is 1.93. The van der Waals surface area contributed by atoms with Crippen LogP contribution in [-0.4, -0.2) is 47.4 Å². The van der Waals surface area contributed by atoms with Crippen LogP contribution in [-0.2, 0) is 4.74 Å². The molecule has 7 heteroatoms. The number of nitrogens with one attached hydrogen (secondary N) is 2. The summed E-state index contributed by atoms with van der Waals surface area (Å²) in [5.41, 5.74) is 0. The maximum absolute atomic E-state index is 5.46. The number of aromatic nitrogens is 3. The van der Waals surface area contributed by atoms with E-state index in [0.29, 0.717) is 37.7 Å². The van der Waals surface area contributed by atoms with Crippen molar-refractivity contribution in [2.45, 2.75) is 40.2 Å². The normalized spacial score (nSPS) is 12.0. The molecule has 0 saturated carbocycles. The van der Waals surface area contributed by atoms with Crippen LogP contribution in [0, 0.1) is 0 Å². The molecule has 0 radical (unpaired) electrons. The van der Waals surface area contributed by atoms with Crippen molar-refractivity contribution in [3.05, 3.63) is 0 Å². The van der Waals surface area contributed by atoms with Gasteiger partial charge < -0.3 is 20.1 Å². The Balaban J connectivity index is 2.69. The smallest absolute Gasteiger partial charge is 0.323 e. The molecular weight excluding hydrogens is 258 g/mol. The molecule has 1 aromatic rings. The largest absolute Gasteiger partial charge is 0.463 e. The Morgan fingerprint density at radius 1 is 1.05 bits per heavy atom. The summed E-state index contributed by atoms with van der Waals surface area (Å²) in [4.78, 5) is 12.7. The molecule has 0 amide bonds. The van der Waals surface area contributed by atoms with Crippen LogP contribution in [0.1, 0.15) is 34.1 Å². The van der Waals surface area contributed by atoms with Crippen molar-refractivity contribution in [2.24, 2.45) is 0 Å². The van der Waals surface area contributed by atoms with Gasteiger partial charge in [0.15, 0.2) is 0 Å². The summed E-state index contributed by atoms with van der Waals surface area (Å²) in [5.74, 6) is 1.01. The molecule has 114 valence electrons. The van der Waals surface area contributed by atoms with Crippen molar-refractivity contribution in [3.8, 4) is 6.01 Å². The molecule has 1 heterocycles. The van der Waals surface area contributed by atoms with Crippen LogP contribution in [0.25, 0.3) is 0 Å². The maximum atomic E-state index is 5.46. The van der Waals surface area contributed by atoms with Gasteiger partial charge in [-0.1, -0.05) is 6.92 Å². The van der Waals surface area contributed by atoms with Crippen molar-refractivity contribution in [1.29, 1.82) is 0 Å². The third kappa shape index (κ3) is 6.01. The van der Waals surface area contributed by atoms with Crippen molar-refractivity contribution >= 4 is 11.9 Å². The zero-order chi connectivity index (χ0) is 14.8. The van der Waals surface area contributed by atoms with Crippen LogP contribution in [0.4, 0.5) is 11.9 Å². The molecule has 0 aromatic carbocycles. The van der Waals surface area contributed by atoms with Crippen LogP contribution < -0.4 is 15.4 Å². The summed E-state index contributed by atoms with van der Waals surface area (Å²) in [6.07, 6.45) is 1.01. The zero-order valence-electron chi connectivity index (χ0n) is 12.8. The average molecular weight is 283 g/mol. The van der Waals surface area contributed by atoms with E-state index in [-0.39, 0.29) is 6.10 Å². The van der Waals surface area contributed by atoms with Gasteiger partial charge in [0, 0.05) is 19.7 Å². The second-order valence-electron chi connectivity index (χ2n) is 4.29. The van der Waals surface area contributed by atoms with Crippen LogP contribution in [0.15, 0.2) is 0 Å². The highest BCUT2D eigenvalue weighted by Gasteiger charge is 2.08. The Bertz CT molecular complexity index is 389. The Morgan fingerprint density at radius 2 is 1.75 bits per heavy atom. The van der Waals surface area contributed by atoms with Crippen LogP contribution in [0.2, 0.25) is 0 Å². The Morgan fingerprint density at radius 3 is 2.35 bits per heavy atom. The van der Waals surface area contributed by atoms with Crippen molar-refractivity contribution in [1.82, 2.24) is 15.0 Å². The molecule has 0 bridgehead atoms. The predicted molar refractivity (Wildman–Crippen MR) is 79.4 cm³/mol. The molecule has 7 nitrogen and oxygen atoms in total. The standard InChI is InChI=1S/C13H25N5O2/c1-5-8-20-13-17-11(14-6-2)16-12(18-13)15-9-10(4)19-7-3/h10H,5-9H2,1-4H3,(H2,14,15,16,17,18). The molecular formula is C13H25N5O2. The lowest BCUT2D eigenvalue weighted by molar-refractivity contribution is 0.0854. The lowest BCUT2D eigenvalue weighted by Crippen LogP contribution is -2.21. The van der Waals surface area contributed by atoms with Gasteiger partial charge in [-0.3, -0.25) is 0 Å². The maximum Gasteiger partial charge on any atom is 0.323 e. The first-order valence-corrected chi connectivity index (χ1v) is 7.17. The number of hydrogen-bond donors (Lipinski definition) is 2. The summed E-state index contributed by atoms with van der Waals surface area (Å²) in [7, 11) is 0. The van der Waals surface area contributed by atoms with Crippen LogP contribution in [0.5, 0.6) is 6.01 Å². The van der Waals surface area contributed by atoms with Gasteiger partial charge >= 0.3 is 6.01 Å². The van der Waals surface area contributed by atoms with Crippen molar-refractivity contribution in [2.75, 3.05) is 36.9 Å². The highest BCUT2D eigenvalue weighted by molar-refractivity contribution is 5.35. The Labute approximate surface area is 120 Å². The van der Waals surface area contributed by atoms with Gasteiger partial charge in [0.05, 0.1) is 12.7 Å². The fourth-order valence-electron chi connectivity index (χ4n) is 1.51. The molecule has 1 unspecified atom stereocenters. The summed E-state index contributed by atoms with van der Waals surface area (Å²) >= 11 is 0. The van der Waals surface area contributed by atoms with E-state index in [9.17, 15) is 0 Å². The lowest BCUT2D eigenvalue weighted by atomic mass is 10.4. The molecule has 1 rings (SSSR count). The lowest BCUT2D eigenvalue weighted by Gasteiger charge is -2.13. The second kappa shape index (κ2) is 9.30. The van der Waals surface area contributed by atoms with Gasteiger partial charge in [0.25, 0.3) is 0 Å². The van der Waals surface area contributed by atoms with Gasteiger partial charge in [-0.15, -0.1) is 0 Å². The second-order valence-corrected chi connectivity index (χ2v) is 4.29. The minimum absolute atomic E-state index is 0.0966. The number of nitrogens with zero attached hydrogens (tertiary/aromatic N) is 3. The first kappa shape index (κ1) is 16.4. The highest BCUT2D eigenvalue weighted by atomic mass is 16.5. The molecule has 0 spiro atoms. The third-order valence-corrected chi connectivity index (χ3v) is 2.38. The molecule has 2 N–H and O–H groups in total. The molecule has 1 aromatic heterocycles. The van der Waals surface area contributed by atoms with Gasteiger partial charge in [-0.2, -0.15) is 15.0 Å². The minimum Gasteiger partial charge on any atom is -0.463 e. The third-order valence-electron chi connectivity index (χ3n) is 2.38. The summed E-state index contributed by atoms with van der Waals surface area (Å²) in [6.45, 7) is 10.6. The van der Waals surface area contributed by atoms with E-state index in [2.05, 4.69) is 25.6 Å². The van der Waals surface area contributed by atoms with E-state index in [1.54, 1.807) is 0 Å². The Kier molecular flexibility index (Phi) is 7.64. The molecule has 0 fully saturated rings. The minimum atomic E-state index is 0.0966. The van der Waals surface area contributed by atoms with Crippen molar-refractivity contribution < 1.29 is 9.47 Å². The Hall–Kier alpha value is -1.63. The average Bonchev–Trinajstić information content (AvgIpc) is 2.43. The molecule has 0 saturated heterocycles. The van der Waals surface area contributed by atoms with E-state index >= 15 is 0 Å². The number of ether oxygens (including phenoxy) is 2. The monoisotopic (exact) mass is 283 g/mol. The topological polar surface area (TPSA) is 81.2 Å². The first-order valence-electron chi connectivity index (χ1n) is 7.17. The quantitative estimate of drug-likeness (QED) is 0.679. The summed E-state index contributed by atoms with van der Waals surface area (Å²) in [5, 5.41) is 6.20. The van der Waals surface area contributed by atoms with Crippen molar-refractivity contribution in [3.63, 3.8) is 0 Å². The van der Waals surface area contributed by atoms with Gasteiger partial charge in [0.2, 0.25) is 11.9 Å². The number of rotatable bonds is 10. The molecule has 0 aliphatic rings. The molecule has 0 aliphatic heterocycles. The first-order chi connectivity index (χ1) is 9.69. The highest BCUT2D eigenvalue weighted by Crippen LogP contribution is 2.11.